The summed E-state index contributed by atoms with van der Waals surface area (Å²) in [6, 6.07) is 0. The summed E-state index contributed by atoms with van der Waals surface area (Å²) >= 11 is 4.64. The van der Waals surface area contributed by atoms with Crippen LogP contribution in [0.4, 0.5) is 0 Å². The Morgan fingerprint density at radius 3 is 0.700 bits per heavy atom. The smallest absolute Gasteiger partial charge is 0.750 e. The van der Waals surface area contributed by atoms with Gasteiger partial charge in [-0.3, -0.25) is 9.13 Å². The van der Waals surface area contributed by atoms with Crippen LogP contribution in [-0.2, 0) is 44.6 Å². The van der Waals surface area contributed by atoms with Crippen LogP contribution in [-0.4, -0.2) is 6.38 Å². The number of hydrogen-bond donors (Lipinski definition) is 0. The molecule has 0 amide bonds. The molecule has 4 unspecified atom stereocenters. The summed E-state index contributed by atoms with van der Waals surface area (Å²) in [7, 11) is -25.2. The summed E-state index contributed by atoms with van der Waals surface area (Å²) < 4.78 is 70.8. The van der Waals surface area contributed by atoms with Gasteiger partial charge in [0, 0.05) is 6.38 Å². The normalized spacial score (nSPS) is 14.0. The Hall–Kier alpha value is 10.6. The molecular formula is CH3ClK6O16P6+4. The van der Waals surface area contributed by atoms with Crippen LogP contribution >= 0.6 is 60.3 Å². The van der Waals surface area contributed by atoms with Crippen LogP contribution in [0.15, 0.2) is 0 Å². The molecule has 0 aromatic heterocycles. The van der Waals surface area contributed by atoms with E-state index in [1.807, 2.05) is 0 Å². The molecule has 0 aromatic carbocycles. The molecule has 29 heteroatoms. The summed E-state index contributed by atoms with van der Waals surface area (Å²) in [5, 5.41) is 0. The van der Waals surface area contributed by atoms with Gasteiger partial charge in [0.25, 0.3) is 0 Å². The molecule has 0 heterocycles. The Morgan fingerprint density at radius 2 is 0.633 bits per heavy atom. The number of halogens is 1. The maximum absolute atomic E-state index is 10.1. The van der Waals surface area contributed by atoms with E-state index in [1.165, 1.54) is 6.38 Å². The first-order valence-electron chi connectivity index (χ1n) is 4.03. The molecule has 0 radical (unpaired) electrons. The fourth-order valence-corrected chi connectivity index (χ4v) is 3.74. The molecular weight excluding hydrogens is 724 g/mol. The Morgan fingerprint density at radius 1 is 0.533 bits per heavy atom. The maximum atomic E-state index is 10.1. The molecule has 0 fully saturated rings. The second kappa shape index (κ2) is 39.6. The van der Waals surface area contributed by atoms with Gasteiger partial charge in [0.2, 0.25) is 0 Å². The summed E-state index contributed by atoms with van der Waals surface area (Å²) in [4.78, 5) is 58.4. The second-order valence-corrected chi connectivity index (χ2v) is 8.31. The van der Waals surface area contributed by atoms with Gasteiger partial charge in [-0.25, -0.2) is 0 Å². The van der Waals surface area contributed by atoms with E-state index in [4.69, 9.17) is 0 Å². The molecule has 0 saturated heterocycles. The molecule has 0 N–H and O–H groups in total. The molecule has 0 spiro atoms. The minimum absolute atomic E-state index is 0. The van der Waals surface area contributed by atoms with E-state index in [1.54, 1.807) is 0 Å². The first-order chi connectivity index (χ1) is 10.7. The Bertz CT molecular complexity index is 472. The Kier molecular flexibility index (Phi) is 84.1. The topological polar surface area (TPSA) is 278 Å². The van der Waals surface area contributed by atoms with Crippen molar-refractivity contribution in [2.24, 2.45) is 0 Å². The third-order valence-corrected chi connectivity index (χ3v) is 6.00. The molecule has 4 atom stereocenters. The number of phosphoric acid groups is 2. The number of hydrogen-bond acceptors (Lipinski definition) is 16. The maximum Gasteiger partial charge on any atom is 1.00 e. The minimum atomic E-state index is -5.25. The van der Waals surface area contributed by atoms with Crippen molar-refractivity contribution >= 4 is 60.3 Å². The molecule has 0 aliphatic carbocycles. The van der Waals surface area contributed by atoms with E-state index in [-0.39, 0.29) is 308 Å². The van der Waals surface area contributed by atoms with Gasteiger partial charge in [-0.1, -0.05) is 17.2 Å². The average molecular weight is 727 g/mol. The van der Waals surface area contributed by atoms with Gasteiger partial charge in [-0.2, -0.15) is 0 Å². The van der Waals surface area contributed by atoms with Gasteiger partial charge in [-0.05, 0) is 18.3 Å². The van der Waals surface area contributed by atoms with Gasteiger partial charge in [-0.15, -0.1) is 11.6 Å². The van der Waals surface area contributed by atoms with Crippen LogP contribution < -0.4 is 338 Å². The predicted octanol–water partition coefficient (Wildman–Crippen LogP) is -20.1. The third kappa shape index (κ3) is 58.3. The van der Waals surface area contributed by atoms with Crippen molar-refractivity contribution in [2.45, 2.75) is 0 Å². The Labute approximate surface area is 434 Å². The van der Waals surface area contributed by atoms with Gasteiger partial charge < -0.3 is 29.4 Å². The van der Waals surface area contributed by atoms with Crippen LogP contribution in [0.3, 0.4) is 0 Å². The molecule has 16 nitrogen and oxygen atoms in total. The van der Waals surface area contributed by atoms with Crippen LogP contribution in [0.25, 0.3) is 0 Å². The SMILES string of the molecule is CCl.O=[P+]([O-])OP(=O)([O-])O[P+](=O)[O-].O=[P+]([O-])OP(=O)([O-])O[P+](=O)[O-].[K+].[K+].[K+].[K+].[K+].[K+]. The molecule has 30 heavy (non-hydrogen) atoms. The largest absolute Gasteiger partial charge is 1.00 e. The first kappa shape index (κ1) is 63.7. The van der Waals surface area contributed by atoms with Crippen molar-refractivity contribution in [1.82, 2.24) is 0 Å². The van der Waals surface area contributed by atoms with E-state index >= 15 is 0 Å². The van der Waals surface area contributed by atoms with Gasteiger partial charge in [0.1, 0.15) is 0 Å². The van der Waals surface area contributed by atoms with Crippen molar-refractivity contribution in [3.63, 3.8) is 0 Å². The summed E-state index contributed by atoms with van der Waals surface area (Å²) in [6.07, 6.45) is 1.47. The summed E-state index contributed by atoms with van der Waals surface area (Å²) in [6.45, 7) is 0. The Balaban J connectivity index is -0.0000000327. The van der Waals surface area contributed by atoms with Gasteiger partial charge in [0.05, 0.1) is 0 Å². The van der Waals surface area contributed by atoms with Crippen molar-refractivity contribution in [3.05, 3.63) is 0 Å². The zero-order valence-corrected chi connectivity index (χ0v) is 41.5. The molecule has 0 bridgehead atoms. The predicted molar refractivity (Wildman–Crippen MR) is 61.8 cm³/mol. The van der Waals surface area contributed by atoms with E-state index < -0.39 is 48.7 Å². The first-order valence-corrected chi connectivity index (χ1v) is 12.1. The molecule has 0 rings (SSSR count). The van der Waals surface area contributed by atoms with Crippen molar-refractivity contribution in [3.8, 4) is 0 Å². The van der Waals surface area contributed by atoms with Gasteiger partial charge >= 0.3 is 357 Å². The fourth-order valence-electron chi connectivity index (χ4n) is 0.356. The molecule has 142 valence electrons. The van der Waals surface area contributed by atoms with Crippen molar-refractivity contribution in [1.29, 1.82) is 0 Å². The van der Waals surface area contributed by atoms with E-state index in [2.05, 4.69) is 28.8 Å². The van der Waals surface area contributed by atoms with Crippen LogP contribution in [0, 0.1) is 0 Å². The molecule has 0 aliphatic heterocycles. The van der Waals surface area contributed by atoms with E-state index in [0.29, 0.717) is 0 Å². The standard InChI is InChI=1S/CH3Cl.6K.2HO8P3/c1-2;;;;;;;2*1-9(2)7-11(5,6)8-10(3)4/h1H3;;;;;;;2*(H,5,6)/q;6*+1;;/p-2. The molecule has 0 aliphatic rings. The number of rotatable bonds is 8. The van der Waals surface area contributed by atoms with Crippen LogP contribution in [0.2, 0.25) is 0 Å². The second-order valence-electron chi connectivity index (χ2n) is 2.12. The monoisotopic (exact) mass is 726 g/mol. The average Bonchev–Trinajstić information content (AvgIpc) is 2.24. The zero-order valence-electron chi connectivity index (χ0n) is 16.6. The fraction of sp³-hybridized carbons (Fsp3) is 1.00. The van der Waals surface area contributed by atoms with Crippen LogP contribution in [0.5, 0.6) is 0 Å². The number of alkyl halides is 1. The minimum Gasteiger partial charge on any atom is -0.750 e. The quantitative estimate of drug-likeness (QED) is 0.127. The van der Waals surface area contributed by atoms with Gasteiger partial charge in [0.15, 0.2) is 0 Å². The molecule has 0 aromatic rings. The summed E-state index contributed by atoms with van der Waals surface area (Å²) in [5.74, 6) is 0. The van der Waals surface area contributed by atoms with E-state index in [9.17, 15) is 56.8 Å². The van der Waals surface area contributed by atoms with E-state index in [0.717, 1.165) is 0 Å². The van der Waals surface area contributed by atoms with Crippen LogP contribution in [0.1, 0.15) is 0 Å². The third-order valence-electron chi connectivity index (χ3n) is 0.667. The molecule has 0 saturated carbocycles. The summed E-state index contributed by atoms with van der Waals surface area (Å²) in [5.41, 5.74) is 0. The van der Waals surface area contributed by atoms with Crippen molar-refractivity contribution < 1.29 is 382 Å². The zero-order chi connectivity index (χ0) is 20.1. The van der Waals surface area contributed by atoms with Crippen molar-refractivity contribution in [2.75, 3.05) is 6.38 Å².